The first-order valence-corrected chi connectivity index (χ1v) is 12.5. The fourth-order valence-corrected chi connectivity index (χ4v) is 4.99. The Labute approximate surface area is 199 Å². The van der Waals surface area contributed by atoms with E-state index in [9.17, 15) is 4.79 Å². The number of ether oxygens (including phenoxy) is 2. The second kappa shape index (κ2) is 10.1. The molecule has 1 aliphatic rings. The van der Waals surface area contributed by atoms with Crippen molar-refractivity contribution in [1.82, 2.24) is 20.1 Å². The lowest BCUT2D eigenvalue weighted by Crippen LogP contribution is -2.27. The first-order valence-electron chi connectivity index (χ1n) is 10.6. The minimum absolute atomic E-state index is 0.0437. The van der Waals surface area contributed by atoms with Gasteiger partial charge >= 0.3 is 0 Å². The van der Waals surface area contributed by atoms with Crippen molar-refractivity contribution < 1.29 is 14.3 Å². The van der Waals surface area contributed by atoms with Crippen LogP contribution in [0.15, 0.2) is 71.2 Å². The number of benzene rings is 2. The van der Waals surface area contributed by atoms with Crippen LogP contribution in [0.2, 0.25) is 0 Å². The highest BCUT2D eigenvalue weighted by Crippen LogP contribution is 2.31. The maximum atomic E-state index is 12.5. The first kappa shape index (κ1) is 21.5. The maximum absolute atomic E-state index is 12.5. The Morgan fingerprint density at radius 2 is 1.88 bits per heavy atom. The highest BCUT2D eigenvalue weighted by atomic mass is 32.2. The molecule has 2 aromatic carbocycles. The SMILES string of the molecule is O=C(CSc1nnc(-c2cccs2)n1-c1ccccc1)NCCc1ccc2c(c1)OCCO2. The average Bonchev–Trinajstić information content (AvgIpc) is 3.53. The Bertz CT molecular complexity index is 1230. The Balaban J connectivity index is 1.20. The molecule has 3 heterocycles. The molecule has 168 valence electrons. The van der Waals surface area contributed by atoms with Gasteiger partial charge < -0.3 is 14.8 Å². The van der Waals surface area contributed by atoms with E-state index in [0.29, 0.717) is 24.9 Å². The molecule has 1 aliphatic heterocycles. The average molecular weight is 479 g/mol. The van der Waals surface area contributed by atoms with E-state index in [1.54, 1.807) is 11.3 Å². The van der Waals surface area contributed by atoms with E-state index in [4.69, 9.17) is 9.47 Å². The van der Waals surface area contributed by atoms with Gasteiger partial charge in [-0.05, 0) is 47.7 Å². The molecule has 1 N–H and O–H groups in total. The maximum Gasteiger partial charge on any atom is 0.230 e. The number of hydrogen-bond donors (Lipinski definition) is 1. The minimum atomic E-state index is -0.0437. The molecule has 33 heavy (non-hydrogen) atoms. The van der Waals surface area contributed by atoms with Crippen LogP contribution in [-0.2, 0) is 11.2 Å². The third kappa shape index (κ3) is 5.04. The van der Waals surface area contributed by atoms with Crippen molar-refractivity contribution in [3.05, 3.63) is 71.6 Å². The molecular formula is C24H22N4O3S2. The lowest BCUT2D eigenvalue weighted by molar-refractivity contribution is -0.118. The summed E-state index contributed by atoms with van der Waals surface area (Å²) in [6, 6.07) is 19.9. The van der Waals surface area contributed by atoms with Gasteiger partial charge in [-0.15, -0.1) is 21.5 Å². The molecule has 2 aromatic heterocycles. The first-order chi connectivity index (χ1) is 16.3. The van der Waals surface area contributed by atoms with Gasteiger partial charge in [0.2, 0.25) is 5.91 Å². The lowest BCUT2D eigenvalue weighted by Gasteiger charge is -2.18. The molecule has 0 radical (unpaired) electrons. The predicted molar refractivity (Wildman–Crippen MR) is 130 cm³/mol. The zero-order valence-electron chi connectivity index (χ0n) is 17.8. The summed E-state index contributed by atoms with van der Waals surface area (Å²) >= 11 is 2.99. The largest absolute Gasteiger partial charge is 0.486 e. The van der Waals surface area contributed by atoms with Crippen LogP contribution >= 0.6 is 23.1 Å². The summed E-state index contributed by atoms with van der Waals surface area (Å²) in [4.78, 5) is 13.5. The fraction of sp³-hybridized carbons (Fsp3) is 0.208. The normalized spacial score (nSPS) is 12.5. The third-order valence-corrected chi connectivity index (χ3v) is 6.86. The Morgan fingerprint density at radius 1 is 1.03 bits per heavy atom. The van der Waals surface area contributed by atoms with Gasteiger partial charge in [-0.3, -0.25) is 9.36 Å². The summed E-state index contributed by atoms with van der Waals surface area (Å²) in [5.41, 5.74) is 2.06. The van der Waals surface area contributed by atoms with E-state index >= 15 is 0 Å². The molecular weight excluding hydrogens is 456 g/mol. The molecule has 0 bridgehead atoms. The van der Waals surface area contributed by atoms with Crippen molar-refractivity contribution in [3.8, 4) is 27.9 Å². The molecule has 0 aliphatic carbocycles. The van der Waals surface area contributed by atoms with Gasteiger partial charge in [0, 0.05) is 12.2 Å². The van der Waals surface area contributed by atoms with Gasteiger partial charge in [-0.2, -0.15) is 0 Å². The minimum Gasteiger partial charge on any atom is -0.486 e. The van der Waals surface area contributed by atoms with Crippen LogP contribution < -0.4 is 14.8 Å². The number of thiophene rings is 1. The number of rotatable bonds is 8. The summed E-state index contributed by atoms with van der Waals surface area (Å²) in [5, 5.41) is 14.5. The van der Waals surface area contributed by atoms with Gasteiger partial charge in [-0.25, -0.2) is 0 Å². The summed E-state index contributed by atoms with van der Waals surface area (Å²) in [6.07, 6.45) is 0.718. The molecule has 0 saturated heterocycles. The monoisotopic (exact) mass is 478 g/mol. The molecule has 0 saturated carbocycles. The quantitative estimate of drug-likeness (QED) is 0.382. The van der Waals surface area contributed by atoms with E-state index in [0.717, 1.165) is 39.9 Å². The van der Waals surface area contributed by atoms with Crippen LogP contribution in [0.25, 0.3) is 16.4 Å². The zero-order valence-corrected chi connectivity index (χ0v) is 19.4. The number of hydrogen-bond acceptors (Lipinski definition) is 7. The lowest BCUT2D eigenvalue weighted by atomic mass is 10.1. The van der Waals surface area contributed by atoms with E-state index in [1.807, 2.05) is 70.6 Å². The Kier molecular flexibility index (Phi) is 6.59. The molecule has 4 aromatic rings. The number of nitrogens with one attached hydrogen (secondary N) is 1. The second-order valence-electron chi connectivity index (χ2n) is 7.32. The molecule has 7 nitrogen and oxygen atoms in total. The number of nitrogens with zero attached hydrogens (tertiary/aromatic N) is 3. The Hall–Kier alpha value is -3.30. The van der Waals surface area contributed by atoms with Crippen LogP contribution in [-0.4, -0.2) is 46.2 Å². The fourth-order valence-electron chi connectivity index (χ4n) is 3.51. The number of aromatic nitrogens is 3. The van der Waals surface area contributed by atoms with Crippen LogP contribution in [0.5, 0.6) is 11.5 Å². The number of fused-ring (bicyclic) bond motifs is 1. The van der Waals surface area contributed by atoms with E-state index < -0.39 is 0 Å². The zero-order chi connectivity index (χ0) is 22.5. The van der Waals surface area contributed by atoms with Crippen molar-refractivity contribution in [3.63, 3.8) is 0 Å². The summed E-state index contributed by atoms with van der Waals surface area (Å²) in [7, 11) is 0. The highest BCUT2D eigenvalue weighted by Gasteiger charge is 2.18. The van der Waals surface area contributed by atoms with Gasteiger partial charge in [0.05, 0.1) is 10.6 Å². The van der Waals surface area contributed by atoms with Crippen LogP contribution in [0.3, 0.4) is 0 Å². The van der Waals surface area contributed by atoms with E-state index in [1.165, 1.54) is 11.8 Å². The van der Waals surface area contributed by atoms with Gasteiger partial charge in [0.1, 0.15) is 13.2 Å². The van der Waals surface area contributed by atoms with Crippen molar-refractivity contribution >= 4 is 29.0 Å². The highest BCUT2D eigenvalue weighted by molar-refractivity contribution is 7.99. The summed E-state index contributed by atoms with van der Waals surface area (Å²) in [5.74, 6) is 2.53. The molecule has 5 rings (SSSR count). The number of thioether (sulfide) groups is 1. The third-order valence-electron chi connectivity index (χ3n) is 5.06. The van der Waals surface area contributed by atoms with Crippen molar-refractivity contribution in [2.45, 2.75) is 11.6 Å². The van der Waals surface area contributed by atoms with Crippen LogP contribution in [0, 0.1) is 0 Å². The van der Waals surface area contributed by atoms with Gasteiger partial charge in [-0.1, -0.05) is 42.1 Å². The number of carbonyl (C=O) groups is 1. The number of para-hydroxylation sites is 1. The molecule has 0 fully saturated rings. The van der Waals surface area contributed by atoms with E-state index in [-0.39, 0.29) is 11.7 Å². The van der Waals surface area contributed by atoms with Crippen molar-refractivity contribution in [2.75, 3.05) is 25.5 Å². The molecule has 0 unspecified atom stereocenters. The number of carbonyl (C=O) groups excluding carboxylic acids is 1. The van der Waals surface area contributed by atoms with Crippen molar-refractivity contribution in [1.29, 1.82) is 0 Å². The summed E-state index contributed by atoms with van der Waals surface area (Å²) < 4.78 is 13.2. The summed E-state index contributed by atoms with van der Waals surface area (Å²) in [6.45, 7) is 1.68. The van der Waals surface area contributed by atoms with Gasteiger partial charge in [0.15, 0.2) is 22.5 Å². The van der Waals surface area contributed by atoms with Crippen molar-refractivity contribution in [2.24, 2.45) is 0 Å². The Morgan fingerprint density at radius 3 is 2.70 bits per heavy atom. The van der Waals surface area contributed by atoms with E-state index in [2.05, 4.69) is 15.5 Å². The number of amides is 1. The van der Waals surface area contributed by atoms with Crippen LogP contribution in [0.4, 0.5) is 0 Å². The molecule has 0 spiro atoms. The van der Waals surface area contributed by atoms with Gasteiger partial charge in [0.25, 0.3) is 0 Å². The second-order valence-corrected chi connectivity index (χ2v) is 9.21. The standard InChI is InChI=1S/C24H22N4O3S2/c29-22(25-11-10-17-8-9-19-20(15-17)31-13-12-30-19)16-33-24-27-26-23(21-7-4-14-32-21)28(24)18-5-2-1-3-6-18/h1-9,14-15H,10-13,16H2,(H,25,29). The molecule has 9 heteroatoms. The smallest absolute Gasteiger partial charge is 0.230 e. The topological polar surface area (TPSA) is 78.3 Å². The predicted octanol–water partition coefficient (Wildman–Crippen LogP) is 4.22. The molecule has 1 amide bonds. The molecule has 0 atom stereocenters. The van der Waals surface area contributed by atoms with Crippen LogP contribution in [0.1, 0.15) is 5.56 Å².